The van der Waals surface area contributed by atoms with E-state index in [0.29, 0.717) is 12.0 Å². The van der Waals surface area contributed by atoms with Gasteiger partial charge in [-0.15, -0.1) is 0 Å². The second-order valence-electron chi connectivity index (χ2n) is 4.52. The second kappa shape index (κ2) is 3.95. The van der Waals surface area contributed by atoms with Gasteiger partial charge in [-0.1, -0.05) is 24.3 Å². The molecule has 0 spiro atoms. The molecule has 0 bridgehead atoms. The van der Waals surface area contributed by atoms with Crippen molar-refractivity contribution in [3.8, 4) is 0 Å². The van der Waals surface area contributed by atoms with Gasteiger partial charge in [-0.3, -0.25) is 0 Å². The lowest BCUT2D eigenvalue weighted by molar-refractivity contribution is 0.205. The Balaban J connectivity index is 1.83. The van der Waals surface area contributed by atoms with Crippen molar-refractivity contribution in [2.75, 3.05) is 13.7 Å². The molecule has 2 atom stereocenters. The number of fused-ring (bicyclic) bond motifs is 1. The number of rotatable bonds is 3. The predicted octanol–water partition coefficient (Wildman–Crippen LogP) is 2.22. The zero-order valence-corrected chi connectivity index (χ0v) is 9.57. The molecule has 2 unspecified atom stereocenters. The van der Waals surface area contributed by atoms with Crippen molar-refractivity contribution in [1.82, 2.24) is 5.32 Å². The Labute approximate surface area is 96.3 Å². The number of ether oxygens (including phenoxy) is 1. The summed E-state index contributed by atoms with van der Waals surface area (Å²) in [5.74, 6) is 1.73. The summed E-state index contributed by atoms with van der Waals surface area (Å²) in [5, 5.41) is 3.39. The molecule has 84 valence electrons. The molecule has 16 heavy (non-hydrogen) atoms. The summed E-state index contributed by atoms with van der Waals surface area (Å²) in [6.45, 7) is 0.849. The monoisotopic (exact) mass is 215 g/mol. The molecule has 0 aromatic heterocycles. The van der Waals surface area contributed by atoms with Gasteiger partial charge < -0.3 is 10.1 Å². The second-order valence-corrected chi connectivity index (χ2v) is 4.52. The standard InChI is InChI=1S/C14H17NO/c1-15-14(13-7-4-8-16-13)12-9-10-5-2-3-6-11(10)12/h2-3,5-7,12,14-15H,4,8-9H2,1H3. The van der Waals surface area contributed by atoms with Gasteiger partial charge in [-0.05, 0) is 30.7 Å². The van der Waals surface area contributed by atoms with Crippen LogP contribution in [0.15, 0.2) is 36.1 Å². The van der Waals surface area contributed by atoms with Gasteiger partial charge in [0, 0.05) is 12.3 Å². The van der Waals surface area contributed by atoms with Crippen LogP contribution in [0.25, 0.3) is 0 Å². The van der Waals surface area contributed by atoms with Crippen molar-refractivity contribution in [2.24, 2.45) is 0 Å². The van der Waals surface area contributed by atoms with E-state index >= 15 is 0 Å². The number of nitrogens with one attached hydrogen (secondary N) is 1. The van der Waals surface area contributed by atoms with E-state index in [-0.39, 0.29) is 0 Å². The molecule has 1 aliphatic heterocycles. The highest BCUT2D eigenvalue weighted by molar-refractivity contribution is 5.43. The molecule has 1 aliphatic carbocycles. The van der Waals surface area contributed by atoms with Crippen molar-refractivity contribution in [1.29, 1.82) is 0 Å². The number of hydrogen-bond acceptors (Lipinski definition) is 2. The van der Waals surface area contributed by atoms with E-state index in [1.54, 1.807) is 0 Å². The van der Waals surface area contributed by atoms with Crippen molar-refractivity contribution < 1.29 is 4.74 Å². The highest BCUT2D eigenvalue weighted by Gasteiger charge is 2.35. The summed E-state index contributed by atoms with van der Waals surface area (Å²) in [5.41, 5.74) is 2.98. The maximum Gasteiger partial charge on any atom is 0.110 e. The summed E-state index contributed by atoms with van der Waals surface area (Å²) in [6.07, 6.45) is 4.45. The molecule has 0 saturated heterocycles. The maximum atomic E-state index is 5.68. The zero-order chi connectivity index (χ0) is 11.0. The van der Waals surface area contributed by atoms with Gasteiger partial charge in [0.15, 0.2) is 0 Å². The van der Waals surface area contributed by atoms with Crippen LogP contribution in [0.4, 0.5) is 0 Å². The summed E-state index contributed by atoms with van der Waals surface area (Å²) < 4.78 is 5.68. The summed E-state index contributed by atoms with van der Waals surface area (Å²) >= 11 is 0. The molecule has 2 aliphatic rings. The Bertz CT molecular complexity index is 424. The number of hydrogen-bond donors (Lipinski definition) is 1. The molecule has 1 N–H and O–H groups in total. The Morgan fingerprint density at radius 3 is 2.94 bits per heavy atom. The lowest BCUT2D eigenvalue weighted by atomic mass is 9.73. The Morgan fingerprint density at radius 2 is 2.25 bits per heavy atom. The van der Waals surface area contributed by atoms with Gasteiger partial charge in [-0.2, -0.15) is 0 Å². The van der Waals surface area contributed by atoms with Crippen LogP contribution in [0.3, 0.4) is 0 Å². The van der Waals surface area contributed by atoms with Crippen LogP contribution >= 0.6 is 0 Å². The molecule has 0 saturated carbocycles. The molecular formula is C14H17NO. The largest absolute Gasteiger partial charge is 0.496 e. The molecule has 3 rings (SSSR count). The molecular weight excluding hydrogens is 198 g/mol. The average Bonchev–Trinajstić information content (AvgIpc) is 2.79. The van der Waals surface area contributed by atoms with Crippen LogP contribution in [0.2, 0.25) is 0 Å². The minimum atomic E-state index is 0.359. The lowest BCUT2D eigenvalue weighted by Gasteiger charge is -2.36. The molecule has 2 nitrogen and oxygen atoms in total. The van der Waals surface area contributed by atoms with Crippen LogP contribution in [-0.2, 0) is 11.2 Å². The molecule has 2 heteroatoms. The SMILES string of the molecule is CNC(C1=CCCO1)C1Cc2ccccc21. The molecule has 0 amide bonds. The molecule has 1 heterocycles. The highest BCUT2D eigenvalue weighted by Crippen LogP contribution is 2.40. The highest BCUT2D eigenvalue weighted by atomic mass is 16.5. The first-order valence-electron chi connectivity index (χ1n) is 5.98. The molecule has 0 fully saturated rings. The van der Waals surface area contributed by atoms with Crippen LogP contribution in [0.1, 0.15) is 23.5 Å². The normalized spacial score (nSPS) is 24.1. The molecule has 1 aromatic rings. The number of benzene rings is 1. The minimum absolute atomic E-state index is 0.359. The smallest absolute Gasteiger partial charge is 0.110 e. The van der Waals surface area contributed by atoms with Crippen molar-refractivity contribution in [3.05, 3.63) is 47.2 Å². The van der Waals surface area contributed by atoms with Crippen LogP contribution in [0, 0.1) is 0 Å². The van der Waals surface area contributed by atoms with Crippen LogP contribution < -0.4 is 5.32 Å². The van der Waals surface area contributed by atoms with Gasteiger partial charge in [0.2, 0.25) is 0 Å². The first-order valence-corrected chi connectivity index (χ1v) is 5.98. The fourth-order valence-electron chi connectivity index (χ4n) is 2.79. The quantitative estimate of drug-likeness (QED) is 0.834. The average molecular weight is 215 g/mol. The van der Waals surface area contributed by atoms with Crippen molar-refractivity contribution in [3.63, 3.8) is 0 Å². The summed E-state index contributed by atoms with van der Waals surface area (Å²) in [7, 11) is 2.02. The van der Waals surface area contributed by atoms with E-state index < -0.39 is 0 Å². The van der Waals surface area contributed by atoms with Gasteiger partial charge in [0.05, 0.1) is 12.6 Å². The molecule has 1 aromatic carbocycles. The van der Waals surface area contributed by atoms with E-state index in [1.165, 1.54) is 17.5 Å². The third-order valence-corrected chi connectivity index (χ3v) is 3.65. The topological polar surface area (TPSA) is 21.3 Å². The maximum absolute atomic E-state index is 5.68. The fourth-order valence-corrected chi connectivity index (χ4v) is 2.79. The van der Waals surface area contributed by atoms with E-state index in [9.17, 15) is 0 Å². The number of likely N-dealkylation sites (N-methyl/N-ethyl adjacent to an activating group) is 1. The van der Waals surface area contributed by atoms with Gasteiger partial charge in [-0.25, -0.2) is 0 Å². The predicted molar refractivity (Wildman–Crippen MR) is 64.4 cm³/mol. The van der Waals surface area contributed by atoms with Crippen LogP contribution in [-0.4, -0.2) is 19.7 Å². The van der Waals surface area contributed by atoms with Gasteiger partial charge in [0.1, 0.15) is 5.76 Å². The third kappa shape index (κ3) is 1.45. The minimum Gasteiger partial charge on any atom is -0.496 e. The van der Waals surface area contributed by atoms with Crippen molar-refractivity contribution >= 4 is 0 Å². The zero-order valence-electron chi connectivity index (χ0n) is 9.57. The third-order valence-electron chi connectivity index (χ3n) is 3.65. The summed E-state index contributed by atoms with van der Waals surface area (Å²) in [4.78, 5) is 0. The van der Waals surface area contributed by atoms with E-state index in [4.69, 9.17) is 4.74 Å². The fraction of sp³-hybridized carbons (Fsp3) is 0.429. The van der Waals surface area contributed by atoms with E-state index in [0.717, 1.165) is 18.8 Å². The van der Waals surface area contributed by atoms with E-state index in [2.05, 4.69) is 35.7 Å². The first kappa shape index (κ1) is 9.91. The van der Waals surface area contributed by atoms with Crippen LogP contribution in [0.5, 0.6) is 0 Å². The van der Waals surface area contributed by atoms with Gasteiger partial charge in [0.25, 0.3) is 0 Å². The first-order chi connectivity index (χ1) is 7.90. The van der Waals surface area contributed by atoms with E-state index in [1.807, 2.05) is 7.05 Å². The Hall–Kier alpha value is -1.28. The van der Waals surface area contributed by atoms with Gasteiger partial charge >= 0.3 is 0 Å². The molecule has 0 radical (unpaired) electrons. The summed E-state index contributed by atoms with van der Waals surface area (Å²) in [6, 6.07) is 9.07. The Morgan fingerprint density at radius 1 is 1.38 bits per heavy atom. The lowest BCUT2D eigenvalue weighted by Crippen LogP contribution is -2.39. The van der Waals surface area contributed by atoms with Crippen molar-refractivity contribution in [2.45, 2.75) is 24.8 Å². The Kier molecular flexibility index (Phi) is 2.44.